The molecule has 0 unspecified atom stereocenters. The van der Waals surface area contributed by atoms with Crippen LogP contribution < -0.4 is 0 Å². The van der Waals surface area contributed by atoms with Crippen LogP contribution in [0.1, 0.15) is 11.4 Å². The molecule has 82 valence electrons. The zero-order valence-electron chi connectivity index (χ0n) is 8.12. The van der Waals surface area contributed by atoms with Crippen LogP contribution in [-0.2, 0) is 6.42 Å². The molecule has 0 aliphatic carbocycles. The molecular weight excluding hydrogens is 358 g/mol. The first kappa shape index (κ1) is 12.1. The van der Waals surface area contributed by atoms with E-state index in [-0.39, 0.29) is 0 Å². The summed E-state index contributed by atoms with van der Waals surface area (Å²) in [5, 5.41) is 0.818. The summed E-state index contributed by atoms with van der Waals surface area (Å²) in [6.07, 6.45) is 0.636. The van der Waals surface area contributed by atoms with Crippen LogP contribution in [0.2, 0.25) is 10.3 Å². The fourth-order valence-corrected chi connectivity index (χ4v) is 1.96. The summed E-state index contributed by atoms with van der Waals surface area (Å²) >= 11 is 13.9. The second-order valence-corrected chi connectivity index (χ2v) is 4.99. The zero-order valence-corrected chi connectivity index (χ0v) is 11.8. The van der Waals surface area contributed by atoms with Gasteiger partial charge in [0.2, 0.25) is 0 Å². The van der Waals surface area contributed by atoms with Gasteiger partial charge in [0.05, 0.1) is 3.57 Å². The van der Waals surface area contributed by atoms with Gasteiger partial charge in [-0.25, -0.2) is 9.97 Å². The first-order valence-corrected chi connectivity index (χ1v) is 6.41. The first-order chi connectivity index (χ1) is 7.66. The summed E-state index contributed by atoms with van der Waals surface area (Å²) in [7, 11) is 0. The molecule has 2 aromatic rings. The number of halogens is 3. The maximum atomic E-state index is 5.94. The van der Waals surface area contributed by atoms with Crippen molar-refractivity contribution in [3.8, 4) is 0 Å². The van der Waals surface area contributed by atoms with Gasteiger partial charge in [0.25, 0.3) is 0 Å². The average molecular weight is 365 g/mol. The van der Waals surface area contributed by atoms with Crippen molar-refractivity contribution in [2.45, 2.75) is 6.42 Å². The third kappa shape index (κ3) is 2.84. The fraction of sp³-hybridized carbons (Fsp3) is 0.0909. The Morgan fingerprint density at radius 1 is 1.00 bits per heavy atom. The number of rotatable bonds is 2. The van der Waals surface area contributed by atoms with Gasteiger partial charge in [-0.15, -0.1) is 0 Å². The lowest BCUT2D eigenvalue weighted by molar-refractivity contribution is 0.962. The van der Waals surface area contributed by atoms with Gasteiger partial charge in [0.1, 0.15) is 16.1 Å². The van der Waals surface area contributed by atoms with Gasteiger partial charge < -0.3 is 0 Å². The lowest BCUT2D eigenvalue weighted by Gasteiger charge is -2.03. The molecule has 0 radical (unpaired) electrons. The van der Waals surface area contributed by atoms with Gasteiger partial charge in [0.15, 0.2) is 0 Å². The van der Waals surface area contributed by atoms with E-state index < -0.39 is 0 Å². The van der Waals surface area contributed by atoms with E-state index in [1.807, 2.05) is 52.9 Å². The van der Waals surface area contributed by atoms with Crippen molar-refractivity contribution in [3.05, 3.63) is 55.6 Å². The Balaban J connectivity index is 2.29. The predicted molar refractivity (Wildman–Crippen MR) is 74.0 cm³/mol. The number of hydrogen-bond acceptors (Lipinski definition) is 2. The van der Waals surface area contributed by atoms with Gasteiger partial charge in [0, 0.05) is 6.42 Å². The molecule has 5 heteroatoms. The Morgan fingerprint density at radius 3 is 2.12 bits per heavy atom. The molecule has 1 aromatic carbocycles. The van der Waals surface area contributed by atoms with Crippen LogP contribution in [0.4, 0.5) is 0 Å². The van der Waals surface area contributed by atoms with Gasteiger partial charge in [-0.1, -0.05) is 53.5 Å². The first-order valence-electron chi connectivity index (χ1n) is 4.58. The quantitative estimate of drug-likeness (QED) is 0.595. The van der Waals surface area contributed by atoms with Gasteiger partial charge in [-0.05, 0) is 28.2 Å². The highest BCUT2D eigenvalue weighted by molar-refractivity contribution is 14.1. The Hall–Kier alpha value is -0.390. The van der Waals surface area contributed by atoms with E-state index in [0.29, 0.717) is 26.1 Å². The van der Waals surface area contributed by atoms with Crippen molar-refractivity contribution in [1.82, 2.24) is 9.97 Å². The standard InChI is InChI=1S/C11H7Cl2IN2/c12-10-9(14)11(13)16-8(15-10)6-7-4-2-1-3-5-7/h1-5H,6H2. The van der Waals surface area contributed by atoms with Crippen molar-refractivity contribution in [2.24, 2.45) is 0 Å². The normalized spacial score (nSPS) is 10.4. The van der Waals surface area contributed by atoms with Crippen molar-refractivity contribution in [3.63, 3.8) is 0 Å². The predicted octanol–water partition coefficient (Wildman–Crippen LogP) is 3.98. The maximum absolute atomic E-state index is 5.94. The van der Waals surface area contributed by atoms with Crippen LogP contribution in [0, 0.1) is 3.57 Å². The molecule has 0 atom stereocenters. The van der Waals surface area contributed by atoms with Crippen LogP contribution in [0.25, 0.3) is 0 Å². The summed E-state index contributed by atoms with van der Waals surface area (Å²) in [6.45, 7) is 0. The molecule has 16 heavy (non-hydrogen) atoms. The molecule has 0 fully saturated rings. The highest BCUT2D eigenvalue weighted by Crippen LogP contribution is 2.23. The lowest BCUT2D eigenvalue weighted by Crippen LogP contribution is -1.99. The molecule has 1 aromatic heterocycles. The van der Waals surface area contributed by atoms with E-state index in [1.54, 1.807) is 0 Å². The summed E-state index contributed by atoms with van der Waals surface area (Å²) in [5.74, 6) is 0.640. The fourth-order valence-electron chi connectivity index (χ4n) is 1.29. The highest BCUT2D eigenvalue weighted by atomic mass is 127. The monoisotopic (exact) mass is 364 g/mol. The minimum Gasteiger partial charge on any atom is -0.220 e. The highest BCUT2D eigenvalue weighted by Gasteiger charge is 2.08. The minimum absolute atomic E-state index is 0.409. The molecule has 2 nitrogen and oxygen atoms in total. The smallest absolute Gasteiger partial charge is 0.147 e. The number of benzene rings is 1. The second kappa shape index (κ2) is 5.29. The largest absolute Gasteiger partial charge is 0.220 e. The third-order valence-corrected chi connectivity index (χ3v) is 4.23. The van der Waals surface area contributed by atoms with E-state index in [2.05, 4.69) is 9.97 Å². The van der Waals surface area contributed by atoms with Crippen LogP contribution >= 0.6 is 45.8 Å². The molecule has 0 bridgehead atoms. The van der Waals surface area contributed by atoms with E-state index in [9.17, 15) is 0 Å². The molecule has 0 aliphatic heterocycles. The topological polar surface area (TPSA) is 25.8 Å². The molecule has 0 spiro atoms. The Bertz CT molecular complexity index is 480. The van der Waals surface area contributed by atoms with E-state index in [1.165, 1.54) is 0 Å². The maximum Gasteiger partial charge on any atom is 0.147 e. The summed E-state index contributed by atoms with van der Waals surface area (Å²) in [6, 6.07) is 9.96. The summed E-state index contributed by atoms with van der Waals surface area (Å²) in [4.78, 5) is 8.38. The Kier molecular flexibility index (Phi) is 4.00. The SMILES string of the molecule is Clc1nc(Cc2ccccc2)nc(Cl)c1I. The molecule has 0 amide bonds. The van der Waals surface area contributed by atoms with Crippen LogP contribution in [0.3, 0.4) is 0 Å². The number of hydrogen-bond donors (Lipinski definition) is 0. The van der Waals surface area contributed by atoms with Crippen LogP contribution in [0.5, 0.6) is 0 Å². The molecule has 0 aliphatic rings. The zero-order chi connectivity index (χ0) is 11.5. The molecule has 0 saturated heterocycles. The Labute approximate surface area is 117 Å². The lowest BCUT2D eigenvalue weighted by atomic mass is 10.1. The van der Waals surface area contributed by atoms with Gasteiger partial charge in [-0.3, -0.25) is 0 Å². The van der Waals surface area contributed by atoms with Crippen molar-refractivity contribution in [1.29, 1.82) is 0 Å². The molecule has 2 rings (SSSR count). The average Bonchev–Trinajstić information content (AvgIpc) is 2.27. The van der Waals surface area contributed by atoms with Crippen LogP contribution in [0.15, 0.2) is 30.3 Å². The molecule has 0 saturated carbocycles. The second-order valence-electron chi connectivity index (χ2n) is 3.20. The van der Waals surface area contributed by atoms with Gasteiger partial charge in [-0.2, -0.15) is 0 Å². The number of nitrogens with zero attached hydrogens (tertiary/aromatic N) is 2. The number of aromatic nitrogens is 2. The Morgan fingerprint density at radius 2 is 1.56 bits per heavy atom. The van der Waals surface area contributed by atoms with Gasteiger partial charge >= 0.3 is 0 Å². The summed E-state index contributed by atoms with van der Waals surface area (Å²) < 4.78 is 0.692. The molecular formula is C11H7Cl2IN2. The third-order valence-electron chi connectivity index (χ3n) is 2.02. The van der Waals surface area contributed by atoms with E-state index in [4.69, 9.17) is 23.2 Å². The van der Waals surface area contributed by atoms with Crippen molar-refractivity contribution >= 4 is 45.8 Å². The molecule has 1 heterocycles. The van der Waals surface area contributed by atoms with Crippen LogP contribution in [-0.4, -0.2) is 9.97 Å². The minimum atomic E-state index is 0.409. The summed E-state index contributed by atoms with van der Waals surface area (Å²) in [5.41, 5.74) is 1.14. The van der Waals surface area contributed by atoms with Crippen molar-refractivity contribution < 1.29 is 0 Å². The van der Waals surface area contributed by atoms with E-state index in [0.717, 1.165) is 5.56 Å². The molecule has 0 N–H and O–H groups in total. The van der Waals surface area contributed by atoms with E-state index >= 15 is 0 Å². The van der Waals surface area contributed by atoms with Crippen molar-refractivity contribution in [2.75, 3.05) is 0 Å².